The van der Waals surface area contributed by atoms with Gasteiger partial charge in [-0.05, 0) is 19.1 Å². The van der Waals surface area contributed by atoms with Crippen LogP contribution in [0.4, 0.5) is 0 Å². The topological polar surface area (TPSA) is 76.6 Å². The Morgan fingerprint density at radius 2 is 2.04 bits per heavy atom. The number of esters is 1. The second-order valence-corrected chi connectivity index (χ2v) is 5.72. The molecule has 1 aromatic heterocycles. The molecule has 6 nitrogen and oxygen atoms in total. The largest absolute Gasteiger partial charge is 0.465 e. The predicted octanol–water partition coefficient (Wildman–Crippen LogP) is 1.72. The highest BCUT2D eigenvalue weighted by Crippen LogP contribution is 2.24. The molecule has 1 aliphatic rings. The van der Waals surface area contributed by atoms with Crippen LogP contribution in [0.1, 0.15) is 19.0 Å². The maximum atomic E-state index is 12.4. The number of carbonyl (C=O) groups is 3. The summed E-state index contributed by atoms with van der Waals surface area (Å²) < 4.78 is 4.80. The van der Waals surface area contributed by atoms with E-state index in [0.29, 0.717) is 6.42 Å². The molecule has 0 aliphatic carbocycles. The molecule has 0 bridgehead atoms. The number of pyridine rings is 1. The lowest BCUT2D eigenvalue weighted by molar-refractivity contribution is -0.152. The Bertz CT molecular complexity index is 802. The minimum atomic E-state index is -0.566. The lowest BCUT2D eigenvalue weighted by Gasteiger charge is -2.13. The molecule has 0 spiro atoms. The number of carbonyl (C=O) groups excluding carboxylic acids is 3. The van der Waals surface area contributed by atoms with Crippen LogP contribution in [-0.4, -0.2) is 40.8 Å². The van der Waals surface area contributed by atoms with Crippen molar-refractivity contribution in [1.29, 1.82) is 0 Å². The number of imide groups is 1. The maximum Gasteiger partial charge on any atom is 0.326 e. The number of ether oxygens (including phenoxy) is 1. The van der Waals surface area contributed by atoms with E-state index < -0.39 is 11.9 Å². The Balaban J connectivity index is 1.72. The summed E-state index contributed by atoms with van der Waals surface area (Å²) >= 11 is 0. The highest BCUT2D eigenvalue weighted by molar-refractivity contribution is 6.05. The fourth-order valence-electron chi connectivity index (χ4n) is 2.89. The SMILES string of the molecule is CCOC(=O)CN1C(=O)CC(Cc2ccc3ccccc3n2)C1=O. The van der Waals surface area contributed by atoms with Crippen molar-refractivity contribution in [2.45, 2.75) is 19.8 Å². The number of rotatable bonds is 5. The first kappa shape index (κ1) is 16.1. The molecule has 6 heteroatoms. The fourth-order valence-corrected chi connectivity index (χ4v) is 2.89. The van der Waals surface area contributed by atoms with Crippen LogP contribution in [0, 0.1) is 5.92 Å². The van der Waals surface area contributed by atoms with Crippen LogP contribution >= 0.6 is 0 Å². The molecule has 0 N–H and O–H groups in total. The van der Waals surface area contributed by atoms with E-state index in [1.165, 1.54) is 0 Å². The van der Waals surface area contributed by atoms with Crippen molar-refractivity contribution in [3.8, 4) is 0 Å². The number of nitrogens with zero attached hydrogens (tertiary/aromatic N) is 2. The lowest BCUT2D eigenvalue weighted by atomic mass is 10.0. The van der Waals surface area contributed by atoms with Crippen molar-refractivity contribution in [2.24, 2.45) is 5.92 Å². The van der Waals surface area contributed by atoms with Gasteiger partial charge in [-0.1, -0.05) is 24.3 Å². The number of fused-ring (bicyclic) bond motifs is 1. The number of benzene rings is 1. The third kappa shape index (κ3) is 3.27. The number of hydrogen-bond acceptors (Lipinski definition) is 5. The average Bonchev–Trinajstić information content (AvgIpc) is 2.82. The molecule has 3 rings (SSSR count). The third-order valence-electron chi connectivity index (χ3n) is 4.04. The normalized spacial score (nSPS) is 17.5. The van der Waals surface area contributed by atoms with Crippen LogP contribution in [0.2, 0.25) is 0 Å². The van der Waals surface area contributed by atoms with Crippen molar-refractivity contribution in [3.63, 3.8) is 0 Å². The Morgan fingerprint density at radius 3 is 2.83 bits per heavy atom. The second kappa shape index (κ2) is 6.78. The minimum Gasteiger partial charge on any atom is -0.465 e. The predicted molar refractivity (Wildman–Crippen MR) is 86.9 cm³/mol. The highest BCUT2D eigenvalue weighted by Gasteiger charge is 2.39. The van der Waals surface area contributed by atoms with E-state index in [2.05, 4.69) is 4.98 Å². The minimum absolute atomic E-state index is 0.104. The number of amides is 2. The third-order valence-corrected chi connectivity index (χ3v) is 4.04. The van der Waals surface area contributed by atoms with Crippen molar-refractivity contribution < 1.29 is 19.1 Å². The molecule has 0 saturated carbocycles. The first-order chi connectivity index (χ1) is 11.6. The van der Waals surface area contributed by atoms with Crippen molar-refractivity contribution >= 4 is 28.7 Å². The zero-order valence-electron chi connectivity index (χ0n) is 13.4. The molecule has 1 unspecified atom stereocenters. The molecule has 124 valence electrons. The quantitative estimate of drug-likeness (QED) is 0.617. The Morgan fingerprint density at radius 1 is 1.25 bits per heavy atom. The van der Waals surface area contributed by atoms with Gasteiger partial charge in [-0.25, -0.2) is 0 Å². The first-order valence-electron chi connectivity index (χ1n) is 7.93. The lowest BCUT2D eigenvalue weighted by Crippen LogP contribution is -2.36. The van der Waals surface area contributed by atoms with Gasteiger partial charge in [-0.2, -0.15) is 0 Å². The summed E-state index contributed by atoms with van der Waals surface area (Å²) in [6, 6.07) is 11.6. The van der Waals surface area contributed by atoms with Gasteiger partial charge in [0.2, 0.25) is 11.8 Å². The molecule has 1 aromatic carbocycles. The Hall–Kier alpha value is -2.76. The molecule has 2 aromatic rings. The molecule has 0 radical (unpaired) electrons. The van der Waals surface area contributed by atoms with E-state index in [4.69, 9.17) is 4.74 Å². The standard InChI is InChI=1S/C18H18N2O4/c1-2-24-17(22)11-20-16(21)10-13(18(20)23)9-14-8-7-12-5-3-4-6-15(12)19-14/h3-8,13H,2,9-11H2,1H3. The molecule has 24 heavy (non-hydrogen) atoms. The van der Waals surface area contributed by atoms with Gasteiger partial charge in [-0.3, -0.25) is 24.3 Å². The van der Waals surface area contributed by atoms with Crippen LogP contribution in [0.15, 0.2) is 36.4 Å². The molecule has 2 heterocycles. The van der Waals surface area contributed by atoms with Crippen molar-refractivity contribution in [1.82, 2.24) is 9.88 Å². The van der Waals surface area contributed by atoms with E-state index in [1.807, 2.05) is 36.4 Å². The Labute approximate surface area is 139 Å². The zero-order chi connectivity index (χ0) is 17.1. The van der Waals surface area contributed by atoms with Gasteiger partial charge in [0, 0.05) is 23.9 Å². The summed E-state index contributed by atoms with van der Waals surface area (Å²) in [4.78, 5) is 41.5. The van der Waals surface area contributed by atoms with E-state index in [0.717, 1.165) is 21.5 Å². The summed E-state index contributed by atoms with van der Waals surface area (Å²) in [7, 11) is 0. The summed E-state index contributed by atoms with van der Waals surface area (Å²) in [6.45, 7) is 1.59. The summed E-state index contributed by atoms with van der Waals surface area (Å²) in [5.74, 6) is -1.70. The molecule has 1 aliphatic heterocycles. The smallest absolute Gasteiger partial charge is 0.326 e. The van der Waals surface area contributed by atoms with Crippen LogP contribution in [-0.2, 0) is 25.5 Å². The summed E-state index contributed by atoms with van der Waals surface area (Å²) in [5.41, 5.74) is 1.62. The number of aromatic nitrogens is 1. The van der Waals surface area contributed by atoms with Gasteiger partial charge in [0.15, 0.2) is 0 Å². The Kier molecular flexibility index (Phi) is 4.55. The fraction of sp³-hybridized carbons (Fsp3) is 0.333. The van der Waals surface area contributed by atoms with Crippen LogP contribution in [0.3, 0.4) is 0 Å². The van der Waals surface area contributed by atoms with E-state index in [1.54, 1.807) is 6.92 Å². The molecule has 1 atom stereocenters. The van der Waals surface area contributed by atoms with E-state index in [9.17, 15) is 14.4 Å². The van der Waals surface area contributed by atoms with Crippen LogP contribution in [0.5, 0.6) is 0 Å². The van der Waals surface area contributed by atoms with Crippen LogP contribution < -0.4 is 0 Å². The monoisotopic (exact) mass is 326 g/mol. The van der Waals surface area contributed by atoms with Gasteiger partial charge in [0.05, 0.1) is 18.0 Å². The molecule has 1 saturated heterocycles. The highest BCUT2D eigenvalue weighted by atomic mass is 16.5. The number of hydrogen-bond donors (Lipinski definition) is 0. The van der Waals surface area contributed by atoms with E-state index in [-0.39, 0.29) is 31.4 Å². The second-order valence-electron chi connectivity index (χ2n) is 5.72. The van der Waals surface area contributed by atoms with E-state index >= 15 is 0 Å². The number of likely N-dealkylation sites (tertiary alicyclic amines) is 1. The molecule has 1 fully saturated rings. The summed E-state index contributed by atoms with van der Waals surface area (Å²) in [5, 5.41) is 1.03. The molecule has 2 amide bonds. The van der Waals surface area contributed by atoms with Crippen molar-refractivity contribution in [3.05, 3.63) is 42.1 Å². The average molecular weight is 326 g/mol. The van der Waals surface area contributed by atoms with Gasteiger partial charge in [0.25, 0.3) is 0 Å². The first-order valence-corrected chi connectivity index (χ1v) is 7.93. The molecular weight excluding hydrogens is 308 g/mol. The number of para-hydroxylation sites is 1. The van der Waals surface area contributed by atoms with Gasteiger partial charge < -0.3 is 4.74 Å². The van der Waals surface area contributed by atoms with Crippen LogP contribution in [0.25, 0.3) is 10.9 Å². The summed E-state index contributed by atoms with van der Waals surface area (Å²) in [6.07, 6.45) is 0.488. The molecular formula is C18H18N2O4. The zero-order valence-corrected chi connectivity index (χ0v) is 13.4. The maximum absolute atomic E-state index is 12.4. The van der Waals surface area contributed by atoms with Gasteiger partial charge in [0.1, 0.15) is 6.54 Å². The van der Waals surface area contributed by atoms with Crippen molar-refractivity contribution in [2.75, 3.05) is 13.2 Å². The van der Waals surface area contributed by atoms with Gasteiger partial charge >= 0.3 is 5.97 Å². The van der Waals surface area contributed by atoms with Gasteiger partial charge in [-0.15, -0.1) is 0 Å².